The molecule has 0 amide bonds. The Bertz CT molecular complexity index is 1170. The molecule has 0 bridgehead atoms. The van der Waals surface area contributed by atoms with Crippen molar-refractivity contribution in [3.05, 3.63) is 95.0 Å². The Morgan fingerprint density at radius 2 is 1.00 bits per heavy atom. The monoisotopic (exact) mass is 542 g/mol. The van der Waals surface area contributed by atoms with Crippen LogP contribution in [0.5, 0.6) is 0 Å². The maximum atomic E-state index is 7.13. The average molecular weight is 543 g/mol. The van der Waals surface area contributed by atoms with E-state index in [1.807, 2.05) is 12.1 Å². The largest absolute Gasteiger partial charge is 4.00 e. The van der Waals surface area contributed by atoms with Gasteiger partial charge in [-0.25, -0.2) is 0 Å². The smallest absolute Gasteiger partial charge is 0.753 e. The number of aromatic nitrogens is 2. The molecule has 4 rings (SSSR count). The molecule has 0 radical (unpaired) electrons. The number of rotatable bonds is 7. The van der Waals surface area contributed by atoms with Gasteiger partial charge in [-0.1, -0.05) is 73.0 Å². The molecule has 2 aromatic heterocycles. The van der Waals surface area contributed by atoms with Crippen LogP contribution in [0.2, 0.25) is 0 Å². The van der Waals surface area contributed by atoms with Gasteiger partial charge in [0.25, 0.3) is 0 Å². The third-order valence-corrected chi connectivity index (χ3v) is 5.04. The Labute approximate surface area is 227 Å². The second-order valence-corrected chi connectivity index (χ2v) is 8.01. The maximum Gasteiger partial charge on any atom is 4.00 e. The van der Waals surface area contributed by atoms with E-state index in [2.05, 4.69) is 109 Å². The number of thiocarbonyl (C=S) groups is 2. The second-order valence-electron chi connectivity index (χ2n) is 7.65. The zero-order valence-electron chi connectivity index (χ0n) is 19.6. The molecule has 35 heavy (non-hydrogen) atoms. The number of fused-ring (bicyclic) bond motifs is 2. The molecule has 0 aliphatic carbocycles. The number of hydrogen-bond acceptors (Lipinski definition) is 6. The van der Waals surface area contributed by atoms with Gasteiger partial charge in [-0.2, -0.15) is 10.3 Å². The predicted octanol–water partition coefficient (Wildman–Crippen LogP) is 5.66. The van der Waals surface area contributed by atoms with E-state index < -0.39 is 0 Å². The van der Waals surface area contributed by atoms with Gasteiger partial charge >= 0.3 is 17.1 Å². The molecule has 0 saturated carbocycles. The van der Waals surface area contributed by atoms with Crippen LogP contribution in [0, 0.1) is 0 Å². The van der Waals surface area contributed by atoms with Crippen molar-refractivity contribution in [3.8, 4) is 0 Å². The molecular weight excluding hydrogens is 516 g/mol. The van der Waals surface area contributed by atoms with E-state index in [4.69, 9.17) is 20.8 Å². The van der Waals surface area contributed by atoms with Gasteiger partial charge in [-0.3, -0.25) is 19.8 Å². The summed E-state index contributed by atoms with van der Waals surface area (Å²) in [6.45, 7) is 3.68. The first kappa shape index (κ1) is 30.3. The summed E-state index contributed by atoms with van der Waals surface area (Å²) in [5, 5.41) is 19.3. The zero-order valence-corrected chi connectivity index (χ0v) is 22.3. The number of hydrogen-bond donors (Lipinski definition) is 0. The first-order valence-corrected chi connectivity index (χ1v) is 11.4. The fraction of sp³-hybridized carbons (Fsp3) is 0.231. The van der Waals surface area contributed by atoms with Crippen LogP contribution in [0.1, 0.15) is 11.4 Å². The van der Waals surface area contributed by atoms with Crippen LogP contribution in [0.4, 0.5) is 0 Å². The minimum absolute atomic E-state index is 0. The van der Waals surface area contributed by atoms with E-state index in [1.54, 1.807) is 0 Å². The molecular formula is C26H26FeN6S2+2. The van der Waals surface area contributed by atoms with Crippen LogP contribution < -0.4 is 0 Å². The molecule has 0 saturated heterocycles. The van der Waals surface area contributed by atoms with E-state index in [0.29, 0.717) is 0 Å². The van der Waals surface area contributed by atoms with Gasteiger partial charge in [0.05, 0.1) is 22.4 Å². The molecule has 4 aromatic rings. The van der Waals surface area contributed by atoms with Gasteiger partial charge < -0.3 is 10.8 Å². The van der Waals surface area contributed by atoms with Crippen molar-refractivity contribution >= 4 is 56.6 Å². The molecule has 0 unspecified atom stereocenters. The normalized spacial score (nSPS) is 9.83. The molecule has 9 heteroatoms. The van der Waals surface area contributed by atoms with Crippen LogP contribution >= 0.6 is 24.4 Å². The average Bonchev–Trinajstić information content (AvgIpc) is 2.84. The van der Waals surface area contributed by atoms with Crippen molar-refractivity contribution in [2.24, 2.45) is 0 Å². The van der Waals surface area contributed by atoms with Crippen molar-refractivity contribution in [2.45, 2.75) is 13.1 Å². The third kappa shape index (κ3) is 10.6. The molecule has 0 spiro atoms. The Morgan fingerprint density at radius 3 is 1.37 bits per heavy atom. The summed E-state index contributed by atoms with van der Waals surface area (Å²) >= 11 is 7.40. The van der Waals surface area contributed by atoms with Crippen molar-refractivity contribution in [1.29, 1.82) is 0 Å². The van der Waals surface area contributed by atoms with E-state index in [-0.39, 0.29) is 17.1 Å². The van der Waals surface area contributed by atoms with Crippen LogP contribution in [0.25, 0.3) is 32.6 Å². The summed E-state index contributed by atoms with van der Waals surface area (Å²) in [5.74, 6) is 0. The summed E-state index contributed by atoms with van der Waals surface area (Å²) in [6, 6.07) is 25.1. The third-order valence-electron chi connectivity index (χ3n) is 5.04. The summed E-state index contributed by atoms with van der Waals surface area (Å²) in [4.78, 5) is 14.2. The molecule has 2 aromatic carbocycles. The summed E-state index contributed by atoms with van der Waals surface area (Å²) < 4.78 is 0. The number of isothiocyanates is 2. The predicted molar refractivity (Wildman–Crippen MR) is 148 cm³/mol. The molecule has 0 aliphatic rings. The number of nitrogens with zero attached hydrogens (tertiary/aromatic N) is 6. The number of para-hydroxylation sites is 2. The van der Waals surface area contributed by atoms with Gasteiger partial charge in [0, 0.05) is 37.0 Å². The SMILES string of the molecule is CN(CCN(C)Cc1ccc2ccccc2n1)Cc1ccc2ccccc2n1.[Fe+4].[N-]=C=S.[N-]=C=S. The minimum atomic E-state index is 0. The maximum absolute atomic E-state index is 7.13. The molecule has 0 fully saturated rings. The molecule has 6 nitrogen and oxygen atoms in total. The second kappa shape index (κ2) is 16.8. The number of benzene rings is 2. The number of pyridine rings is 2. The Kier molecular flexibility index (Phi) is 14.6. The summed E-state index contributed by atoms with van der Waals surface area (Å²) in [7, 11) is 4.30. The summed E-state index contributed by atoms with van der Waals surface area (Å²) in [6.07, 6.45) is 0. The van der Waals surface area contributed by atoms with E-state index in [1.165, 1.54) is 21.1 Å². The zero-order chi connectivity index (χ0) is 24.8. The molecule has 0 aliphatic heterocycles. The first-order valence-electron chi connectivity index (χ1n) is 10.6. The van der Waals surface area contributed by atoms with Crippen molar-refractivity contribution < 1.29 is 17.1 Å². The van der Waals surface area contributed by atoms with Crippen LogP contribution in [0.3, 0.4) is 0 Å². The van der Waals surface area contributed by atoms with E-state index in [0.717, 1.165) is 48.6 Å². The van der Waals surface area contributed by atoms with Gasteiger partial charge in [0.2, 0.25) is 0 Å². The summed E-state index contributed by atoms with van der Waals surface area (Å²) in [5.41, 5.74) is 4.35. The standard InChI is InChI=1S/C24H26N4.2CNS.Fe/c1-27(17-21-13-11-19-7-3-5-9-23(19)25-21)15-16-28(2)18-22-14-12-20-8-4-6-10-24(20)26-22;2*2-1-3;/h3-14H,15-18H2,1-2H3;;;/q;2*-1;+4. The molecule has 0 N–H and O–H groups in total. The minimum Gasteiger partial charge on any atom is -0.753 e. The quantitative estimate of drug-likeness (QED) is 0.170. The van der Waals surface area contributed by atoms with Gasteiger partial charge in [-0.15, -0.1) is 0 Å². The molecule has 178 valence electrons. The van der Waals surface area contributed by atoms with Crippen molar-refractivity contribution in [3.63, 3.8) is 0 Å². The fourth-order valence-electron chi connectivity index (χ4n) is 3.45. The topological polar surface area (TPSA) is 76.9 Å². The van der Waals surface area contributed by atoms with Crippen LogP contribution in [0.15, 0.2) is 72.8 Å². The van der Waals surface area contributed by atoms with E-state index in [9.17, 15) is 0 Å². The Morgan fingerprint density at radius 1 is 0.657 bits per heavy atom. The Hall–Kier alpha value is -2.70. The number of likely N-dealkylation sites (N-methyl/N-ethyl adjacent to an activating group) is 2. The Balaban J connectivity index is 0.000000797. The van der Waals surface area contributed by atoms with Gasteiger partial charge in [-0.05, 0) is 38.4 Å². The van der Waals surface area contributed by atoms with E-state index >= 15 is 0 Å². The van der Waals surface area contributed by atoms with Crippen molar-refractivity contribution in [1.82, 2.24) is 19.8 Å². The van der Waals surface area contributed by atoms with Crippen LogP contribution in [-0.2, 0) is 30.2 Å². The van der Waals surface area contributed by atoms with Crippen LogP contribution in [-0.4, -0.2) is 57.3 Å². The van der Waals surface area contributed by atoms with Gasteiger partial charge in [0.15, 0.2) is 0 Å². The fourth-order valence-corrected chi connectivity index (χ4v) is 3.45. The molecule has 2 heterocycles. The van der Waals surface area contributed by atoms with Gasteiger partial charge in [0.1, 0.15) is 0 Å². The van der Waals surface area contributed by atoms with Crippen molar-refractivity contribution in [2.75, 3.05) is 27.2 Å². The first-order chi connectivity index (χ1) is 16.5. The molecule has 0 atom stereocenters.